The molecule has 1 atom stereocenters. The molecular weight excluding hydrogens is 352 g/mol. The van der Waals surface area contributed by atoms with Crippen molar-refractivity contribution in [2.75, 3.05) is 5.33 Å². The van der Waals surface area contributed by atoms with Gasteiger partial charge < -0.3 is 4.43 Å². The fourth-order valence-corrected chi connectivity index (χ4v) is 5.58. The molecule has 1 aromatic carbocycles. The summed E-state index contributed by atoms with van der Waals surface area (Å²) < 4.78 is 6.60. The van der Waals surface area contributed by atoms with Crippen molar-refractivity contribution >= 4 is 24.2 Å². The van der Waals surface area contributed by atoms with E-state index in [2.05, 4.69) is 87.9 Å². The van der Waals surface area contributed by atoms with Crippen molar-refractivity contribution in [2.24, 2.45) is 5.92 Å². The molecule has 126 valence electrons. The van der Waals surface area contributed by atoms with Crippen LogP contribution in [-0.2, 0) is 10.8 Å². The number of rotatable bonds is 8. The molecule has 0 N–H and O–H groups in total. The van der Waals surface area contributed by atoms with E-state index in [-0.39, 0.29) is 11.1 Å². The van der Waals surface area contributed by atoms with Gasteiger partial charge in [-0.05, 0) is 54.9 Å². The number of halogens is 1. The largest absolute Gasteiger partial charge is 0.410 e. The Kier molecular flexibility index (Phi) is 7.35. The van der Waals surface area contributed by atoms with Crippen LogP contribution >= 0.6 is 15.9 Å². The molecule has 0 heterocycles. The fourth-order valence-electron chi connectivity index (χ4n) is 2.58. The van der Waals surface area contributed by atoms with Gasteiger partial charge in [0.25, 0.3) is 0 Å². The van der Waals surface area contributed by atoms with Gasteiger partial charge in [0.15, 0.2) is 8.32 Å². The molecule has 0 spiro atoms. The molecule has 22 heavy (non-hydrogen) atoms. The van der Waals surface area contributed by atoms with Crippen LogP contribution in [0.1, 0.15) is 58.3 Å². The molecule has 1 unspecified atom stereocenters. The summed E-state index contributed by atoms with van der Waals surface area (Å²) in [5.74, 6) is 0.632. The minimum atomic E-state index is -1.78. The summed E-state index contributed by atoms with van der Waals surface area (Å²) in [6, 6.07) is 8.97. The lowest BCUT2D eigenvalue weighted by Gasteiger charge is -2.44. The zero-order chi connectivity index (χ0) is 17.0. The maximum absolute atomic E-state index is 6.60. The van der Waals surface area contributed by atoms with E-state index in [1.54, 1.807) is 0 Å². The van der Waals surface area contributed by atoms with Crippen molar-refractivity contribution in [3.63, 3.8) is 0 Å². The molecule has 0 radical (unpaired) electrons. The number of aryl methyl sites for hydroxylation is 1. The van der Waals surface area contributed by atoms with Crippen LogP contribution in [0.2, 0.25) is 18.1 Å². The number of benzene rings is 1. The first-order chi connectivity index (χ1) is 10.1. The molecule has 1 rings (SSSR count). The van der Waals surface area contributed by atoms with Gasteiger partial charge in [-0.15, -0.1) is 0 Å². The van der Waals surface area contributed by atoms with E-state index in [1.807, 2.05) is 0 Å². The highest BCUT2D eigenvalue weighted by molar-refractivity contribution is 9.09. The Hall–Kier alpha value is -0.123. The second-order valence-corrected chi connectivity index (χ2v) is 13.0. The van der Waals surface area contributed by atoms with E-state index in [0.29, 0.717) is 5.92 Å². The topological polar surface area (TPSA) is 9.23 Å². The van der Waals surface area contributed by atoms with Crippen LogP contribution in [0.25, 0.3) is 0 Å². The molecule has 1 nitrogen and oxygen atoms in total. The molecule has 0 aromatic heterocycles. The molecule has 0 saturated heterocycles. The Morgan fingerprint density at radius 3 is 2.09 bits per heavy atom. The van der Waals surface area contributed by atoms with Gasteiger partial charge in [-0.2, -0.15) is 0 Å². The lowest BCUT2D eigenvalue weighted by molar-refractivity contribution is 0.192. The van der Waals surface area contributed by atoms with E-state index < -0.39 is 8.32 Å². The normalized spacial score (nSPS) is 14.4. The molecule has 0 fully saturated rings. The lowest BCUT2D eigenvalue weighted by Crippen LogP contribution is -2.45. The average Bonchev–Trinajstić information content (AvgIpc) is 2.44. The Morgan fingerprint density at radius 2 is 1.64 bits per heavy atom. The molecule has 0 aliphatic heterocycles. The van der Waals surface area contributed by atoms with Crippen molar-refractivity contribution in [3.05, 3.63) is 35.4 Å². The van der Waals surface area contributed by atoms with Crippen molar-refractivity contribution in [1.82, 2.24) is 0 Å². The third-order valence-electron chi connectivity index (χ3n) is 5.51. The molecule has 0 amide bonds. The summed E-state index contributed by atoms with van der Waals surface area (Å²) >= 11 is 3.49. The standard InChI is InChI=1S/C19H33BrOSi/c1-15(2)19(4,5)22(6,7)21-16(3)18-12-10-17(11-13-18)9-8-14-20/h10-13,15-16H,8-9,14H2,1-7H3. The lowest BCUT2D eigenvalue weighted by atomic mass is 9.99. The van der Waals surface area contributed by atoms with Crippen molar-refractivity contribution in [1.29, 1.82) is 0 Å². The van der Waals surface area contributed by atoms with Gasteiger partial charge in [0.2, 0.25) is 0 Å². The monoisotopic (exact) mass is 384 g/mol. The quantitative estimate of drug-likeness (QED) is 0.356. The van der Waals surface area contributed by atoms with Crippen LogP contribution < -0.4 is 0 Å². The van der Waals surface area contributed by atoms with E-state index in [4.69, 9.17) is 4.43 Å². The smallest absolute Gasteiger partial charge is 0.193 e. The fraction of sp³-hybridized carbons (Fsp3) is 0.684. The second kappa shape index (κ2) is 8.12. The van der Waals surface area contributed by atoms with Crippen molar-refractivity contribution < 1.29 is 4.43 Å². The molecule has 0 aliphatic carbocycles. The Morgan fingerprint density at radius 1 is 1.09 bits per heavy atom. The number of alkyl halides is 1. The SMILES string of the molecule is CC(O[Si](C)(C)C(C)(C)C(C)C)c1ccc(CCCBr)cc1. The highest BCUT2D eigenvalue weighted by Crippen LogP contribution is 2.46. The van der Waals surface area contributed by atoms with Crippen molar-refractivity contribution in [3.8, 4) is 0 Å². The summed E-state index contributed by atoms with van der Waals surface area (Å²) in [6.07, 6.45) is 2.50. The van der Waals surface area contributed by atoms with Gasteiger partial charge in [-0.25, -0.2) is 0 Å². The van der Waals surface area contributed by atoms with Crippen LogP contribution in [0.3, 0.4) is 0 Å². The zero-order valence-corrected chi connectivity index (χ0v) is 18.0. The predicted molar refractivity (Wildman–Crippen MR) is 104 cm³/mol. The van der Waals surface area contributed by atoms with Crippen LogP contribution in [0, 0.1) is 5.92 Å². The second-order valence-electron chi connectivity index (χ2n) is 7.68. The summed E-state index contributed by atoms with van der Waals surface area (Å²) in [6.45, 7) is 16.2. The molecular formula is C19H33BrOSi. The predicted octanol–water partition coefficient (Wildman–Crippen LogP) is 6.73. The van der Waals surface area contributed by atoms with Gasteiger partial charge in [0.05, 0.1) is 6.10 Å². The summed E-state index contributed by atoms with van der Waals surface area (Å²) in [5.41, 5.74) is 2.71. The van der Waals surface area contributed by atoms with Gasteiger partial charge >= 0.3 is 0 Å². The average molecular weight is 385 g/mol. The summed E-state index contributed by atoms with van der Waals surface area (Å²) in [4.78, 5) is 0. The zero-order valence-electron chi connectivity index (χ0n) is 15.4. The highest BCUT2D eigenvalue weighted by Gasteiger charge is 2.44. The maximum atomic E-state index is 6.60. The Labute approximate surface area is 147 Å². The first-order valence-electron chi connectivity index (χ1n) is 8.44. The molecule has 0 saturated carbocycles. The van der Waals surface area contributed by atoms with Gasteiger partial charge in [0, 0.05) is 5.33 Å². The van der Waals surface area contributed by atoms with Gasteiger partial charge in [-0.3, -0.25) is 0 Å². The molecule has 0 bridgehead atoms. The van der Waals surface area contributed by atoms with Crippen LogP contribution in [-0.4, -0.2) is 13.6 Å². The van der Waals surface area contributed by atoms with Gasteiger partial charge in [0.1, 0.15) is 0 Å². The molecule has 1 aromatic rings. The third kappa shape index (κ3) is 4.94. The Bertz CT molecular complexity index is 451. The van der Waals surface area contributed by atoms with Crippen LogP contribution in [0.5, 0.6) is 0 Å². The summed E-state index contributed by atoms with van der Waals surface area (Å²) in [5, 5.41) is 1.33. The van der Waals surface area contributed by atoms with E-state index >= 15 is 0 Å². The first kappa shape index (κ1) is 19.9. The minimum Gasteiger partial charge on any atom is -0.410 e. The van der Waals surface area contributed by atoms with Crippen LogP contribution in [0.15, 0.2) is 24.3 Å². The van der Waals surface area contributed by atoms with Crippen LogP contribution in [0.4, 0.5) is 0 Å². The first-order valence-corrected chi connectivity index (χ1v) is 12.5. The highest BCUT2D eigenvalue weighted by atomic mass is 79.9. The molecule has 3 heteroatoms. The Balaban J connectivity index is 2.78. The van der Waals surface area contributed by atoms with E-state index in [9.17, 15) is 0 Å². The summed E-state index contributed by atoms with van der Waals surface area (Å²) in [7, 11) is -1.78. The van der Waals surface area contributed by atoms with E-state index in [1.165, 1.54) is 17.5 Å². The third-order valence-corrected chi connectivity index (χ3v) is 10.7. The number of hydrogen-bond donors (Lipinski definition) is 0. The van der Waals surface area contributed by atoms with Gasteiger partial charge in [-0.1, -0.05) is 67.9 Å². The maximum Gasteiger partial charge on any atom is 0.193 e. The van der Waals surface area contributed by atoms with E-state index in [0.717, 1.165) is 11.8 Å². The van der Waals surface area contributed by atoms with Crippen molar-refractivity contribution in [2.45, 2.75) is 71.7 Å². The minimum absolute atomic E-state index is 0.171. The molecule has 0 aliphatic rings. The number of hydrogen-bond acceptors (Lipinski definition) is 1.